The number of hydrogen-bond donors (Lipinski definition) is 2. The lowest BCUT2D eigenvalue weighted by Crippen LogP contribution is -2.38. The summed E-state index contributed by atoms with van der Waals surface area (Å²) in [7, 11) is 0. The number of benzene rings is 4. The van der Waals surface area contributed by atoms with Crippen LogP contribution in [0.2, 0.25) is 0 Å². The molecule has 4 aromatic rings. The van der Waals surface area contributed by atoms with Crippen molar-refractivity contribution in [3.05, 3.63) is 144 Å². The van der Waals surface area contributed by atoms with Crippen LogP contribution in [-0.2, 0) is 18.0 Å². The van der Waals surface area contributed by atoms with E-state index < -0.39 is 0 Å². The summed E-state index contributed by atoms with van der Waals surface area (Å²) in [5, 5.41) is 22.2. The van der Waals surface area contributed by atoms with Gasteiger partial charge in [-0.15, -0.1) is 13.2 Å². The van der Waals surface area contributed by atoms with Gasteiger partial charge in [0.25, 0.3) is 0 Å². The second-order valence-corrected chi connectivity index (χ2v) is 14.6. The van der Waals surface area contributed by atoms with E-state index in [1.807, 2.05) is 50.2 Å². The van der Waals surface area contributed by atoms with Crippen LogP contribution in [0.1, 0.15) is 127 Å². The molecule has 0 bridgehead atoms. The number of hydrogen-bond acceptors (Lipinski definition) is 5. The van der Waals surface area contributed by atoms with Gasteiger partial charge in [0, 0.05) is 47.1 Å². The Kier molecular flexibility index (Phi) is 20.2. The smallest absolute Gasteiger partial charge is 0.119 e. The van der Waals surface area contributed by atoms with E-state index >= 15 is 0 Å². The van der Waals surface area contributed by atoms with Crippen LogP contribution in [0.15, 0.2) is 110 Å². The van der Waals surface area contributed by atoms with Gasteiger partial charge in [0.2, 0.25) is 0 Å². The molecule has 0 aliphatic carbocycles. The van der Waals surface area contributed by atoms with Crippen molar-refractivity contribution < 1.29 is 14.9 Å². The van der Waals surface area contributed by atoms with Crippen molar-refractivity contribution in [2.75, 3.05) is 13.1 Å². The van der Waals surface area contributed by atoms with Gasteiger partial charge < -0.3 is 14.9 Å². The van der Waals surface area contributed by atoms with Gasteiger partial charge in [-0.25, -0.2) is 0 Å². The van der Waals surface area contributed by atoms with Gasteiger partial charge in [-0.2, -0.15) is 0 Å². The Morgan fingerprint density at radius 1 is 0.509 bits per heavy atom. The predicted molar refractivity (Wildman–Crippen MR) is 227 cm³/mol. The third kappa shape index (κ3) is 13.8. The lowest BCUT2D eigenvalue weighted by Gasteiger charge is -2.32. The molecule has 0 amide bonds. The van der Waals surface area contributed by atoms with E-state index in [-0.39, 0.29) is 11.8 Å². The molecule has 0 spiro atoms. The topological polar surface area (TPSA) is 56.2 Å². The van der Waals surface area contributed by atoms with E-state index in [9.17, 15) is 10.2 Å². The minimum Gasteiger partial charge on any atom is -0.508 e. The molecule has 0 aliphatic rings. The molecular weight excluding hydrogens is 653 g/mol. The Bertz CT molecular complexity index is 1440. The van der Waals surface area contributed by atoms with Crippen LogP contribution in [-0.4, -0.2) is 57.3 Å². The molecule has 0 fully saturated rings. The zero-order valence-corrected chi connectivity index (χ0v) is 34.6. The minimum atomic E-state index is 0.0676. The first-order valence-corrected chi connectivity index (χ1v) is 19.8. The van der Waals surface area contributed by atoms with Crippen LogP contribution in [0.3, 0.4) is 0 Å². The first-order valence-electron chi connectivity index (χ1n) is 19.8. The molecule has 0 unspecified atom stereocenters. The minimum absolute atomic E-state index is 0.0676. The van der Waals surface area contributed by atoms with E-state index in [1.54, 1.807) is 0 Å². The van der Waals surface area contributed by atoms with Crippen molar-refractivity contribution >= 4 is 0 Å². The second-order valence-electron chi connectivity index (χ2n) is 14.6. The fraction of sp³-hybridized carbons (Fsp3) is 0.458. The zero-order valence-electron chi connectivity index (χ0n) is 34.6. The lowest BCUT2D eigenvalue weighted by molar-refractivity contribution is 0.107. The number of rotatable bonds is 18. The molecule has 290 valence electrons. The van der Waals surface area contributed by atoms with Crippen LogP contribution in [0.5, 0.6) is 11.5 Å². The summed E-state index contributed by atoms with van der Waals surface area (Å²) in [6.45, 7) is 30.7. The number of ether oxygens (including phenoxy) is 1. The van der Waals surface area contributed by atoms with Crippen LogP contribution in [0.4, 0.5) is 0 Å². The van der Waals surface area contributed by atoms with Crippen LogP contribution < -0.4 is 0 Å². The Balaban J connectivity index is 0.00000235. The first-order chi connectivity index (χ1) is 25.5. The maximum Gasteiger partial charge on any atom is 0.119 e. The molecule has 53 heavy (non-hydrogen) atoms. The summed E-state index contributed by atoms with van der Waals surface area (Å²) in [6, 6.07) is 34.6. The van der Waals surface area contributed by atoms with E-state index in [0.29, 0.717) is 48.9 Å². The Morgan fingerprint density at radius 2 is 0.830 bits per heavy atom. The highest BCUT2D eigenvalue weighted by Crippen LogP contribution is 2.37. The number of phenolic OH excluding ortho intramolecular Hbond substituents is 2. The largest absolute Gasteiger partial charge is 0.508 e. The van der Waals surface area contributed by atoms with Crippen molar-refractivity contribution in [1.82, 2.24) is 9.80 Å². The normalized spacial score (nSPS) is 12.5. The van der Waals surface area contributed by atoms with Crippen LogP contribution in [0.25, 0.3) is 0 Å². The van der Waals surface area contributed by atoms with E-state index in [2.05, 4.69) is 139 Å². The van der Waals surface area contributed by atoms with Crippen molar-refractivity contribution in [2.24, 2.45) is 0 Å². The summed E-state index contributed by atoms with van der Waals surface area (Å²) < 4.78 is 6.31. The fourth-order valence-electron chi connectivity index (χ4n) is 7.39. The Morgan fingerprint density at radius 3 is 1.13 bits per heavy atom. The maximum atomic E-state index is 11.1. The van der Waals surface area contributed by atoms with Crippen molar-refractivity contribution in [1.29, 1.82) is 0 Å². The molecule has 0 aliphatic heterocycles. The molecular formula is C48H70N2O3. The zero-order chi connectivity index (χ0) is 39.5. The van der Waals surface area contributed by atoms with Gasteiger partial charge in [-0.3, -0.25) is 9.80 Å². The second kappa shape index (κ2) is 23.7. The van der Waals surface area contributed by atoms with E-state index in [0.717, 1.165) is 48.2 Å². The van der Waals surface area contributed by atoms with E-state index in [1.165, 1.54) is 11.1 Å². The molecule has 0 radical (unpaired) electrons. The molecule has 5 heteroatoms. The predicted octanol–water partition coefficient (Wildman–Crippen LogP) is 11.9. The van der Waals surface area contributed by atoms with Crippen molar-refractivity contribution in [3.63, 3.8) is 0 Å². The standard InChI is InChI=1S/C44H60N2O3.C2H6.C2H4/c1-31(2)45(32(3)4)25-23-39(37-15-11-9-12-16-37)41-27-35(19-21-43(41)47)29-49-30-36-20-22-44(48)42(28-36)40(38-17-13-10-14-18-38)24-26-46(33(5)6)34(7)8;2*1-2/h9-22,27-28,31-34,39-40,47-48H,23-26,29-30H2,1-8H3;1-2H3;1-2H2/t39-,40+;;. The maximum absolute atomic E-state index is 11.1. The number of phenols is 2. The summed E-state index contributed by atoms with van der Waals surface area (Å²) in [6.07, 6.45) is 1.81. The van der Waals surface area contributed by atoms with Gasteiger partial charge in [0.15, 0.2) is 0 Å². The van der Waals surface area contributed by atoms with Crippen LogP contribution >= 0.6 is 0 Å². The van der Waals surface area contributed by atoms with E-state index in [4.69, 9.17) is 4.74 Å². The molecule has 4 aromatic carbocycles. The average Bonchev–Trinajstić information content (AvgIpc) is 3.15. The summed E-state index contributed by atoms with van der Waals surface area (Å²) >= 11 is 0. The quantitative estimate of drug-likeness (QED) is 0.100. The molecule has 2 N–H and O–H groups in total. The first kappa shape index (κ1) is 45.3. The Hall–Kier alpha value is -3.90. The highest BCUT2D eigenvalue weighted by molar-refractivity contribution is 5.45. The molecule has 0 saturated carbocycles. The van der Waals surface area contributed by atoms with Crippen molar-refractivity contribution in [2.45, 2.75) is 131 Å². The van der Waals surface area contributed by atoms with Crippen molar-refractivity contribution in [3.8, 4) is 11.5 Å². The number of aromatic hydroxyl groups is 2. The van der Waals surface area contributed by atoms with Crippen LogP contribution in [0, 0.1) is 0 Å². The number of nitrogens with zero attached hydrogens (tertiary/aromatic N) is 2. The van der Waals surface area contributed by atoms with Gasteiger partial charge in [0.1, 0.15) is 11.5 Å². The summed E-state index contributed by atoms with van der Waals surface area (Å²) in [5.41, 5.74) is 6.35. The molecule has 0 heterocycles. The molecule has 5 nitrogen and oxygen atoms in total. The Labute approximate surface area is 323 Å². The summed E-state index contributed by atoms with van der Waals surface area (Å²) in [4.78, 5) is 5.03. The molecule has 2 atom stereocenters. The lowest BCUT2D eigenvalue weighted by atomic mass is 9.86. The highest BCUT2D eigenvalue weighted by atomic mass is 16.5. The van der Waals surface area contributed by atoms with Gasteiger partial charge in [0.05, 0.1) is 13.2 Å². The monoisotopic (exact) mass is 723 g/mol. The molecule has 0 saturated heterocycles. The molecule has 0 aromatic heterocycles. The summed E-state index contributed by atoms with van der Waals surface area (Å²) in [5.74, 6) is 0.778. The van der Waals surface area contributed by atoms with Gasteiger partial charge in [-0.1, -0.05) is 86.6 Å². The third-order valence-electron chi connectivity index (χ3n) is 9.88. The fourth-order valence-corrected chi connectivity index (χ4v) is 7.39. The van der Waals surface area contributed by atoms with Gasteiger partial charge >= 0.3 is 0 Å². The highest BCUT2D eigenvalue weighted by Gasteiger charge is 2.23. The van der Waals surface area contributed by atoms with Gasteiger partial charge in [-0.05, 0) is 128 Å². The SMILES string of the molecule is C=C.CC.CC(C)N(CC[C@H](c1ccccc1)c1cc(COCc2ccc(O)c([C@@H](CCN(C(C)C)C(C)C)c3ccccc3)c2)ccc1O)C(C)C. The molecule has 4 rings (SSSR count). The average molecular weight is 723 g/mol. The third-order valence-corrected chi connectivity index (χ3v) is 9.88.